The number of amides is 2. The van der Waals surface area contributed by atoms with Crippen molar-refractivity contribution in [1.29, 1.82) is 5.26 Å². The lowest BCUT2D eigenvalue weighted by molar-refractivity contribution is -0.132. The van der Waals surface area contributed by atoms with Gasteiger partial charge in [-0.1, -0.05) is 24.3 Å². The Morgan fingerprint density at radius 1 is 1.42 bits per heavy atom. The van der Waals surface area contributed by atoms with Gasteiger partial charge < -0.3 is 20.3 Å². The predicted molar refractivity (Wildman–Crippen MR) is 119 cm³/mol. The van der Waals surface area contributed by atoms with Crippen LogP contribution in [-0.2, 0) is 16.0 Å². The maximum atomic E-state index is 12.4. The van der Waals surface area contributed by atoms with Gasteiger partial charge in [0.05, 0.1) is 17.7 Å². The highest BCUT2D eigenvalue weighted by Gasteiger charge is 2.33. The first-order valence-corrected chi connectivity index (χ1v) is 11.3. The van der Waals surface area contributed by atoms with E-state index in [4.69, 9.17) is 4.74 Å². The Labute approximate surface area is 186 Å². The van der Waals surface area contributed by atoms with Gasteiger partial charge >= 0.3 is 0 Å². The minimum absolute atomic E-state index is 0.0714. The fraction of sp³-hybridized carbons (Fsp3) is 0.435. The van der Waals surface area contributed by atoms with Gasteiger partial charge in [-0.3, -0.25) is 9.59 Å². The van der Waals surface area contributed by atoms with Crippen LogP contribution in [0.2, 0.25) is 0 Å². The third-order valence-electron chi connectivity index (χ3n) is 5.86. The van der Waals surface area contributed by atoms with Crippen molar-refractivity contribution in [3.8, 4) is 16.5 Å². The standard InChI is InChI=1S/C23H26N4O3S/c1-14-21-18(23(29)27(14)2)11-20(31-21)16-6-4-15(5-7-16)10-17(12-24)26-22(28)19-13-25-8-3-9-30-19/h4-7,11,14,17,19,25H,3,8-10,13H2,1-2H3,(H,26,28). The zero-order chi connectivity index (χ0) is 22.0. The lowest BCUT2D eigenvalue weighted by atomic mass is 10.0. The summed E-state index contributed by atoms with van der Waals surface area (Å²) in [6.45, 7) is 3.87. The molecule has 162 valence electrons. The smallest absolute Gasteiger partial charge is 0.255 e. The molecule has 1 aromatic carbocycles. The highest BCUT2D eigenvalue weighted by Crippen LogP contribution is 2.41. The molecule has 2 aliphatic heterocycles. The number of thiophene rings is 1. The third-order valence-corrected chi connectivity index (χ3v) is 7.22. The van der Waals surface area contributed by atoms with Crippen LogP contribution >= 0.6 is 11.3 Å². The zero-order valence-electron chi connectivity index (χ0n) is 17.7. The summed E-state index contributed by atoms with van der Waals surface area (Å²) in [5.74, 6) is -0.184. The number of nitrogens with zero attached hydrogens (tertiary/aromatic N) is 2. The number of carbonyl (C=O) groups excluding carboxylic acids is 2. The Morgan fingerprint density at radius 3 is 2.90 bits per heavy atom. The number of ether oxygens (including phenoxy) is 1. The number of benzene rings is 1. The van der Waals surface area contributed by atoms with Gasteiger partial charge in [-0.2, -0.15) is 5.26 Å². The number of carbonyl (C=O) groups is 2. The van der Waals surface area contributed by atoms with Crippen LogP contribution in [0.4, 0.5) is 0 Å². The molecule has 0 saturated carbocycles. The molecular weight excluding hydrogens is 412 g/mol. The molecule has 1 aromatic heterocycles. The molecule has 31 heavy (non-hydrogen) atoms. The van der Waals surface area contributed by atoms with Crippen LogP contribution < -0.4 is 10.6 Å². The highest BCUT2D eigenvalue weighted by atomic mass is 32.1. The van der Waals surface area contributed by atoms with E-state index < -0.39 is 12.1 Å². The van der Waals surface area contributed by atoms with E-state index in [0.717, 1.165) is 39.4 Å². The van der Waals surface area contributed by atoms with Gasteiger partial charge in [0.25, 0.3) is 11.8 Å². The summed E-state index contributed by atoms with van der Waals surface area (Å²) in [6, 6.07) is 11.6. The molecule has 3 atom stereocenters. The van der Waals surface area contributed by atoms with Crippen molar-refractivity contribution in [2.24, 2.45) is 0 Å². The molecule has 8 heteroatoms. The maximum absolute atomic E-state index is 12.4. The molecule has 0 radical (unpaired) electrons. The number of hydrogen-bond donors (Lipinski definition) is 2. The molecule has 2 aliphatic rings. The minimum atomic E-state index is -0.621. The first-order valence-electron chi connectivity index (χ1n) is 10.5. The van der Waals surface area contributed by atoms with E-state index in [1.807, 2.05) is 44.3 Å². The average molecular weight is 439 g/mol. The Kier molecular flexibility index (Phi) is 6.37. The van der Waals surface area contributed by atoms with Crippen molar-refractivity contribution in [3.63, 3.8) is 0 Å². The summed E-state index contributed by atoms with van der Waals surface area (Å²) >= 11 is 1.65. The van der Waals surface area contributed by atoms with Gasteiger partial charge in [0.1, 0.15) is 12.1 Å². The number of hydrogen-bond acceptors (Lipinski definition) is 6. The van der Waals surface area contributed by atoms with E-state index in [2.05, 4.69) is 16.7 Å². The summed E-state index contributed by atoms with van der Waals surface area (Å²) in [6.07, 6.45) is 0.726. The fourth-order valence-corrected chi connectivity index (χ4v) is 5.14. The molecule has 1 saturated heterocycles. The average Bonchev–Trinajstić information content (AvgIpc) is 3.14. The highest BCUT2D eigenvalue weighted by molar-refractivity contribution is 7.16. The van der Waals surface area contributed by atoms with Crippen molar-refractivity contribution in [2.45, 2.75) is 38.0 Å². The lowest BCUT2D eigenvalue weighted by Gasteiger charge is -2.18. The van der Waals surface area contributed by atoms with E-state index in [0.29, 0.717) is 19.6 Å². The predicted octanol–water partition coefficient (Wildman–Crippen LogP) is 2.49. The quantitative estimate of drug-likeness (QED) is 0.748. The summed E-state index contributed by atoms with van der Waals surface area (Å²) in [7, 11) is 1.83. The Bertz CT molecular complexity index is 1000. The maximum Gasteiger partial charge on any atom is 0.255 e. The lowest BCUT2D eigenvalue weighted by Crippen LogP contribution is -2.46. The van der Waals surface area contributed by atoms with Crippen LogP contribution in [0.1, 0.15) is 40.2 Å². The fourth-order valence-electron chi connectivity index (χ4n) is 3.88. The van der Waals surface area contributed by atoms with Gasteiger partial charge in [-0.15, -0.1) is 11.3 Å². The number of fused-ring (bicyclic) bond motifs is 1. The topological polar surface area (TPSA) is 94.5 Å². The second-order valence-corrected chi connectivity index (χ2v) is 9.07. The normalized spacial score (nSPS) is 21.8. The molecule has 4 rings (SSSR count). The van der Waals surface area contributed by atoms with Crippen molar-refractivity contribution in [1.82, 2.24) is 15.5 Å². The second kappa shape index (κ2) is 9.18. The van der Waals surface area contributed by atoms with Crippen LogP contribution in [0.25, 0.3) is 10.4 Å². The zero-order valence-corrected chi connectivity index (χ0v) is 18.5. The van der Waals surface area contributed by atoms with E-state index in [1.54, 1.807) is 16.2 Å². The van der Waals surface area contributed by atoms with Gasteiger partial charge in [-0.05, 0) is 37.1 Å². The van der Waals surface area contributed by atoms with Gasteiger partial charge in [0.15, 0.2) is 0 Å². The van der Waals surface area contributed by atoms with E-state index in [1.165, 1.54) is 0 Å². The summed E-state index contributed by atoms with van der Waals surface area (Å²) in [5, 5.41) is 15.5. The number of nitriles is 1. The second-order valence-electron chi connectivity index (χ2n) is 7.99. The molecular formula is C23H26N4O3S. The first kappa shape index (κ1) is 21.5. The van der Waals surface area contributed by atoms with Gasteiger partial charge in [0, 0.05) is 36.4 Å². The van der Waals surface area contributed by atoms with E-state index in [-0.39, 0.29) is 17.9 Å². The summed E-state index contributed by atoms with van der Waals surface area (Å²) < 4.78 is 5.56. The third kappa shape index (κ3) is 4.49. The van der Waals surface area contributed by atoms with Crippen molar-refractivity contribution < 1.29 is 14.3 Å². The minimum Gasteiger partial charge on any atom is -0.367 e. The van der Waals surface area contributed by atoms with Crippen LogP contribution in [0.3, 0.4) is 0 Å². The first-order chi connectivity index (χ1) is 15.0. The van der Waals surface area contributed by atoms with Gasteiger partial charge in [0.2, 0.25) is 0 Å². The van der Waals surface area contributed by atoms with Crippen molar-refractivity contribution in [3.05, 3.63) is 46.3 Å². The van der Waals surface area contributed by atoms with Crippen LogP contribution in [0.5, 0.6) is 0 Å². The molecule has 0 spiro atoms. The molecule has 7 nitrogen and oxygen atoms in total. The largest absolute Gasteiger partial charge is 0.367 e. The number of rotatable bonds is 5. The Balaban J connectivity index is 1.40. The molecule has 2 N–H and O–H groups in total. The Hall–Kier alpha value is -2.73. The van der Waals surface area contributed by atoms with Gasteiger partial charge in [-0.25, -0.2) is 0 Å². The summed E-state index contributed by atoms with van der Waals surface area (Å²) in [4.78, 5) is 28.7. The molecule has 0 aliphatic carbocycles. The molecule has 3 unspecified atom stereocenters. The van der Waals surface area contributed by atoms with Crippen molar-refractivity contribution in [2.75, 3.05) is 26.7 Å². The monoisotopic (exact) mass is 438 g/mol. The SMILES string of the molecule is CC1c2sc(-c3ccc(CC(C#N)NC(=O)C4CNCCCO4)cc3)cc2C(=O)N1C. The molecule has 2 amide bonds. The molecule has 1 fully saturated rings. The molecule has 3 heterocycles. The van der Waals surface area contributed by atoms with Crippen LogP contribution in [0, 0.1) is 11.3 Å². The molecule has 2 aromatic rings. The summed E-state index contributed by atoms with van der Waals surface area (Å²) in [5.41, 5.74) is 2.80. The van der Waals surface area contributed by atoms with Crippen molar-refractivity contribution >= 4 is 23.2 Å². The number of nitrogens with one attached hydrogen (secondary N) is 2. The molecule has 0 bridgehead atoms. The van der Waals surface area contributed by atoms with Crippen LogP contribution in [0.15, 0.2) is 30.3 Å². The Morgan fingerprint density at radius 2 is 2.19 bits per heavy atom. The van der Waals surface area contributed by atoms with E-state index >= 15 is 0 Å². The van der Waals surface area contributed by atoms with Crippen LogP contribution in [-0.4, -0.2) is 55.6 Å². The van der Waals surface area contributed by atoms with E-state index in [9.17, 15) is 14.9 Å².